The average molecular weight is 398 g/mol. The number of aromatic nitrogens is 2. The van der Waals surface area contributed by atoms with Crippen molar-refractivity contribution < 1.29 is 10.1 Å². The second-order valence-electron chi connectivity index (χ2n) is 7.09. The number of nitrogens with one attached hydrogen (secondary N) is 1. The molecule has 0 aliphatic heterocycles. The van der Waals surface area contributed by atoms with Crippen LogP contribution in [0.5, 0.6) is 0 Å². The van der Waals surface area contributed by atoms with Gasteiger partial charge in [0.15, 0.2) is 6.54 Å². The molecule has 0 saturated carbocycles. The van der Waals surface area contributed by atoms with Gasteiger partial charge in [0.05, 0.1) is 22.8 Å². The van der Waals surface area contributed by atoms with Gasteiger partial charge in [0.1, 0.15) is 6.04 Å². The highest BCUT2D eigenvalue weighted by Gasteiger charge is 2.18. The summed E-state index contributed by atoms with van der Waals surface area (Å²) in [5, 5.41) is 10.3. The van der Waals surface area contributed by atoms with E-state index in [4.69, 9.17) is 11.6 Å². The second kappa shape index (κ2) is 8.59. The number of nitrogens with two attached hydrogens (primary N) is 1. The van der Waals surface area contributed by atoms with Crippen molar-refractivity contribution in [2.75, 3.05) is 11.9 Å². The van der Waals surface area contributed by atoms with E-state index in [1.807, 2.05) is 67.2 Å². The zero-order chi connectivity index (χ0) is 20.3. The molecule has 1 amide bonds. The van der Waals surface area contributed by atoms with Crippen LogP contribution in [0.25, 0.3) is 5.69 Å². The van der Waals surface area contributed by atoms with Crippen molar-refractivity contribution >= 4 is 23.2 Å². The zero-order valence-electron chi connectivity index (χ0n) is 16.7. The number of nitrogens with zero attached hydrogens (tertiary/aromatic N) is 2. The molecule has 146 valence electrons. The summed E-state index contributed by atoms with van der Waals surface area (Å²) in [6, 6.07) is 16.0. The Balaban J connectivity index is 1.67. The molecule has 0 aliphatic rings. The molecule has 0 radical (unpaired) electrons. The molecular weight excluding hydrogens is 372 g/mol. The summed E-state index contributed by atoms with van der Waals surface area (Å²) in [4.78, 5) is 12.5. The molecule has 3 rings (SSSR count). The lowest BCUT2D eigenvalue weighted by atomic mass is 10.1. The van der Waals surface area contributed by atoms with Gasteiger partial charge in [0.25, 0.3) is 5.91 Å². The maximum absolute atomic E-state index is 12.5. The summed E-state index contributed by atoms with van der Waals surface area (Å²) < 4.78 is 1.86. The van der Waals surface area contributed by atoms with E-state index >= 15 is 0 Å². The molecule has 0 fully saturated rings. The lowest BCUT2D eigenvalue weighted by Gasteiger charge is -2.12. The number of carbonyl (C=O) groups is 1. The Morgan fingerprint density at radius 3 is 2.50 bits per heavy atom. The summed E-state index contributed by atoms with van der Waals surface area (Å²) in [7, 11) is 0. The molecule has 0 saturated heterocycles. The third kappa shape index (κ3) is 4.43. The van der Waals surface area contributed by atoms with E-state index in [2.05, 4.69) is 29.5 Å². The molecule has 1 aromatic heterocycles. The Kier molecular flexibility index (Phi) is 6.17. The van der Waals surface area contributed by atoms with E-state index in [1.54, 1.807) is 0 Å². The van der Waals surface area contributed by atoms with Gasteiger partial charge in [-0.15, -0.1) is 0 Å². The fraction of sp³-hybridized carbons (Fsp3) is 0.273. The molecule has 0 aliphatic carbocycles. The van der Waals surface area contributed by atoms with Crippen molar-refractivity contribution in [2.24, 2.45) is 0 Å². The Labute approximate surface area is 170 Å². The molecule has 2 aromatic carbocycles. The van der Waals surface area contributed by atoms with E-state index < -0.39 is 0 Å². The lowest BCUT2D eigenvalue weighted by Crippen LogP contribution is -2.86. The quantitative estimate of drug-likeness (QED) is 0.665. The largest absolute Gasteiger partial charge is 0.332 e. The summed E-state index contributed by atoms with van der Waals surface area (Å²) in [5.74, 6) is -0.0615. The molecule has 6 heteroatoms. The number of halogens is 1. The van der Waals surface area contributed by atoms with E-state index in [9.17, 15) is 4.79 Å². The van der Waals surface area contributed by atoms with E-state index in [-0.39, 0.29) is 11.9 Å². The fourth-order valence-electron chi connectivity index (χ4n) is 3.21. The van der Waals surface area contributed by atoms with Crippen LogP contribution < -0.4 is 10.6 Å². The van der Waals surface area contributed by atoms with Crippen LogP contribution in [0, 0.1) is 20.8 Å². The molecule has 1 heterocycles. The number of amides is 1. The van der Waals surface area contributed by atoms with Crippen molar-refractivity contribution in [3.05, 3.63) is 76.1 Å². The van der Waals surface area contributed by atoms with Crippen LogP contribution in [0.2, 0.25) is 5.02 Å². The van der Waals surface area contributed by atoms with Gasteiger partial charge in [-0.3, -0.25) is 4.79 Å². The van der Waals surface area contributed by atoms with Gasteiger partial charge in [0.2, 0.25) is 0 Å². The van der Waals surface area contributed by atoms with Crippen molar-refractivity contribution in [3.8, 4) is 5.69 Å². The van der Waals surface area contributed by atoms with Gasteiger partial charge < -0.3 is 10.6 Å². The van der Waals surface area contributed by atoms with Crippen LogP contribution >= 0.6 is 11.6 Å². The highest BCUT2D eigenvalue weighted by Crippen LogP contribution is 2.23. The number of quaternary nitrogens is 1. The van der Waals surface area contributed by atoms with Crippen molar-refractivity contribution in [1.82, 2.24) is 9.78 Å². The molecule has 3 aromatic rings. The van der Waals surface area contributed by atoms with Gasteiger partial charge in [-0.05, 0) is 45.9 Å². The first-order valence-corrected chi connectivity index (χ1v) is 9.75. The molecular formula is C22H26ClN4O+. The highest BCUT2D eigenvalue weighted by molar-refractivity contribution is 6.31. The number of benzene rings is 2. The van der Waals surface area contributed by atoms with Crippen LogP contribution in [-0.2, 0) is 4.79 Å². The number of aryl methyl sites for hydroxylation is 2. The van der Waals surface area contributed by atoms with Gasteiger partial charge in [-0.2, -0.15) is 5.10 Å². The Morgan fingerprint density at radius 2 is 1.82 bits per heavy atom. The molecule has 0 spiro atoms. The minimum Gasteiger partial charge on any atom is -0.332 e. The molecule has 5 nitrogen and oxygen atoms in total. The number of hydrogen-bond acceptors (Lipinski definition) is 2. The standard InChI is InChI=1S/C22H25ClN4O/c1-14-9-11-18(12-10-14)27-17(4)22(16(3)26-27)25-21(28)13-24-15(2)19-7-5-6-8-20(19)23/h5-12,15,24H,13H2,1-4H3,(H,25,28)/p+1/t15-/m0/s1. The monoisotopic (exact) mass is 397 g/mol. The summed E-state index contributed by atoms with van der Waals surface area (Å²) >= 11 is 6.24. The molecule has 0 unspecified atom stereocenters. The van der Waals surface area contributed by atoms with Crippen molar-refractivity contribution in [1.29, 1.82) is 0 Å². The highest BCUT2D eigenvalue weighted by atomic mass is 35.5. The molecule has 0 bridgehead atoms. The maximum atomic E-state index is 12.5. The van der Waals surface area contributed by atoms with Crippen molar-refractivity contribution in [3.63, 3.8) is 0 Å². The Bertz CT molecular complexity index is 979. The van der Waals surface area contributed by atoms with Crippen molar-refractivity contribution in [2.45, 2.75) is 33.7 Å². The molecule has 28 heavy (non-hydrogen) atoms. The number of hydrogen-bond donors (Lipinski definition) is 2. The zero-order valence-corrected chi connectivity index (χ0v) is 17.4. The predicted molar refractivity (Wildman–Crippen MR) is 113 cm³/mol. The summed E-state index contributed by atoms with van der Waals surface area (Å²) in [5.41, 5.74) is 5.67. The normalized spacial score (nSPS) is 12.0. The van der Waals surface area contributed by atoms with Crippen LogP contribution in [0.3, 0.4) is 0 Å². The topological polar surface area (TPSA) is 63.5 Å². The third-order valence-electron chi connectivity index (χ3n) is 4.89. The number of carbonyl (C=O) groups excluding carboxylic acids is 1. The smallest absolute Gasteiger partial charge is 0.279 e. The second-order valence-corrected chi connectivity index (χ2v) is 7.50. The first-order chi connectivity index (χ1) is 13.4. The van der Waals surface area contributed by atoms with E-state index in [0.29, 0.717) is 6.54 Å². The molecule has 1 atom stereocenters. The summed E-state index contributed by atoms with van der Waals surface area (Å²) in [6.07, 6.45) is 0. The summed E-state index contributed by atoms with van der Waals surface area (Å²) in [6.45, 7) is 8.27. The minimum absolute atomic E-state index is 0.0615. The Morgan fingerprint density at radius 1 is 1.14 bits per heavy atom. The van der Waals surface area contributed by atoms with Crippen LogP contribution in [0.4, 0.5) is 5.69 Å². The average Bonchev–Trinajstić information content (AvgIpc) is 2.95. The van der Waals surface area contributed by atoms with Gasteiger partial charge >= 0.3 is 0 Å². The molecule has 3 N–H and O–H groups in total. The van der Waals surface area contributed by atoms with Gasteiger partial charge in [0, 0.05) is 10.6 Å². The number of anilines is 1. The third-order valence-corrected chi connectivity index (χ3v) is 5.23. The Hall–Kier alpha value is -2.63. The van der Waals surface area contributed by atoms with E-state index in [1.165, 1.54) is 5.56 Å². The minimum atomic E-state index is -0.0615. The van der Waals surface area contributed by atoms with Crippen LogP contribution in [0.15, 0.2) is 48.5 Å². The fourth-order valence-corrected chi connectivity index (χ4v) is 3.51. The van der Waals surface area contributed by atoms with E-state index in [0.717, 1.165) is 33.3 Å². The maximum Gasteiger partial charge on any atom is 0.279 e. The first-order valence-electron chi connectivity index (χ1n) is 9.37. The SMILES string of the molecule is Cc1ccc(-n2nc(C)c(NC(=O)C[NH2+][C@@H](C)c3ccccc3Cl)c2C)cc1. The first kappa shape index (κ1) is 20.1. The van der Waals surface area contributed by atoms with Gasteiger partial charge in [-0.25, -0.2) is 4.68 Å². The number of rotatable bonds is 6. The van der Waals surface area contributed by atoms with Crippen LogP contribution in [-0.4, -0.2) is 22.2 Å². The van der Waals surface area contributed by atoms with Gasteiger partial charge in [-0.1, -0.05) is 47.5 Å². The van der Waals surface area contributed by atoms with Crippen LogP contribution in [0.1, 0.15) is 35.5 Å². The lowest BCUT2D eigenvalue weighted by molar-refractivity contribution is -0.682. The predicted octanol–water partition coefficient (Wildman–Crippen LogP) is 3.71.